The van der Waals surface area contributed by atoms with E-state index in [0.29, 0.717) is 5.02 Å². The molecule has 0 saturated carbocycles. The maximum Gasteiger partial charge on any atom is 0.126 e. The molecule has 0 aromatic heterocycles. The van der Waals surface area contributed by atoms with Crippen molar-refractivity contribution in [3.8, 4) is 0 Å². The largest absolute Gasteiger partial charge is 0.382 e. The number of benzene rings is 2. The second kappa shape index (κ2) is 6.58. The van der Waals surface area contributed by atoms with Crippen molar-refractivity contribution in [3.63, 3.8) is 0 Å². The van der Waals surface area contributed by atoms with Crippen molar-refractivity contribution in [2.75, 3.05) is 5.32 Å². The van der Waals surface area contributed by atoms with Crippen molar-refractivity contribution >= 4 is 17.3 Å². The van der Waals surface area contributed by atoms with Crippen LogP contribution in [0.2, 0.25) is 5.02 Å². The summed E-state index contributed by atoms with van der Waals surface area (Å²) in [6.45, 7) is 2.11. The standard InChI is InChI=1S/C16H17ClFN/c1-2-15(8-12-6-4-3-5-7-12)19-16-10-13(17)9-14(18)11-16/h3-7,9-11,15,19H,2,8H2,1H3. The fourth-order valence-electron chi connectivity index (χ4n) is 2.07. The maximum atomic E-state index is 13.3. The Morgan fingerprint density at radius 2 is 1.89 bits per heavy atom. The number of hydrogen-bond acceptors (Lipinski definition) is 1. The summed E-state index contributed by atoms with van der Waals surface area (Å²) in [6, 6.07) is 15.1. The zero-order valence-corrected chi connectivity index (χ0v) is 11.6. The molecule has 0 aliphatic heterocycles. The molecule has 0 aliphatic carbocycles. The third-order valence-electron chi connectivity index (χ3n) is 3.05. The van der Waals surface area contributed by atoms with Crippen LogP contribution in [0.25, 0.3) is 0 Å². The molecular weight excluding hydrogens is 261 g/mol. The van der Waals surface area contributed by atoms with Gasteiger partial charge in [-0.1, -0.05) is 48.9 Å². The smallest absolute Gasteiger partial charge is 0.126 e. The number of rotatable bonds is 5. The molecule has 0 heterocycles. The Bertz CT molecular complexity index is 507. The molecule has 19 heavy (non-hydrogen) atoms. The van der Waals surface area contributed by atoms with Gasteiger partial charge in [-0.2, -0.15) is 0 Å². The number of anilines is 1. The lowest BCUT2D eigenvalue weighted by atomic mass is 10.0. The Morgan fingerprint density at radius 3 is 2.53 bits per heavy atom. The average Bonchev–Trinajstić information content (AvgIpc) is 2.38. The lowest BCUT2D eigenvalue weighted by molar-refractivity contribution is 0.626. The first-order chi connectivity index (χ1) is 9.17. The molecule has 0 bridgehead atoms. The molecule has 0 fully saturated rings. The minimum atomic E-state index is -0.315. The predicted molar refractivity (Wildman–Crippen MR) is 79.3 cm³/mol. The Hall–Kier alpha value is -1.54. The van der Waals surface area contributed by atoms with Crippen LogP contribution in [0.5, 0.6) is 0 Å². The van der Waals surface area contributed by atoms with Crippen LogP contribution in [-0.4, -0.2) is 6.04 Å². The van der Waals surface area contributed by atoms with E-state index in [1.54, 1.807) is 6.07 Å². The minimum Gasteiger partial charge on any atom is -0.382 e. The van der Waals surface area contributed by atoms with E-state index in [2.05, 4.69) is 24.4 Å². The van der Waals surface area contributed by atoms with Crippen LogP contribution in [0.4, 0.5) is 10.1 Å². The molecular formula is C16H17ClFN. The molecule has 2 aromatic carbocycles. The highest BCUT2D eigenvalue weighted by Gasteiger charge is 2.08. The van der Waals surface area contributed by atoms with Crippen LogP contribution >= 0.6 is 11.6 Å². The van der Waals surface area contributed by atoms with Gasteiger partial charge in [-0.3, -0.25) is 0 Å². The van der Waals surface area contributed by atoms with E-state index in [-0.39, 0.29) is 11.9 Å². The summed E-state index contributed by atoms with van der Waals surface area (Å²) in [4.78, 5) is 0. The third-order valence-corrected chi connectivity index (χ3v) is 3.27. The van der Waals surface area contributed by atoms with Gasteiger partial charge in [0.2, 0.25) is 0 Å². The van der Waals surface area contributed by atoms with Gasteiger partial charge in [-0.15, -0.1) is 0 Å². The van der Waals surface area contributed by atoms with Crippen LogP contribution in [0.1, 0.15) is 18.9 Å². The van der Waals surface area contributed by atoms with Crippen molar-refractivity contribution in [1.82, 2.24) is 0 Å². The average molecular weight is 278 g/mol. The Balaban J connectivity index is 2.06. The molecule has 1 unspecified atom stereocenters. The molecule has 1 N–H and O–H groups in total. The van der Waals surface area contributed by atoms with Crippen molar-refractivity contribution in [2.45, 2.75) is 25.8 Å². The van der Waals surface area contributed by atoms with Gasteiger partial charge in [0, 0.05) is 16.8 Å². The Morgan fingerprint density at radius 1 is 1.16 bits per heavy atom. The van der Waals surface area contributed by atoms with Crippen LogP contribution in [-0.2, 0) is 6.42 Å². The normalized spacial score (nSPS) is 12.2. The van der Waals surface area contributed by atoms with E-state index >= 15 is 0 Å². The van der Waals surface area contributed by atoms with E-state index in [4.69, 9.17) is 11.6 Å². The molecule has 1 atom stereocenters. The molecule has 0 spiro atoms. The highest BCUT2D eigenvalue weighted by molar-refractivity contribution is 6.30. The molecule has 0 amide bonds. The second-order valence-electron chi connectivity index (χ2n) is 4.60. The molecule has 3 heteroatoms. The summed E-state index contributed by atoms with van der Waals surface area (Å²) in [7, 11) is 0. The highest BCUT2D eigenvalue weighted by atomic mass is 35.5. The van der Waals surface area contributed by atoms with Gasteiger partial charge in [0.25, 0.3) is 0 Å². The van der Waals surface area contributed by atoms with Crippen molar-refractivity contribution < 1.29 is 4.39 Å². The summed E-state index contributed by atoms with van der Waals surface area (Å²) >= 11 is 5.86. The maximum absolute atomic E-state index is 13.3. The Kier molecular flexibility index (Phi) is 4.80. The topological polar surface area (TPSA) is 12.0 Å². The predicted octanol–water partition coefficient (Wildman–Crippen LogP) is 4.91. The summed E-state index contributed by atoms with van der Waals surface area (Å²) in [5.41, 5.74) is 2.00. The lowest BCUT2D eigenvalue weighted by Gasteiger charge is -2.18. The highest BCUT2D eigenvalue weighted by Crippen LogP contribution is 2.20. The van der Waals surface area contributed by atoms with Crippen molar-refractivity contribution in [2.24, 2.45) is 0 Å². The molecule has 0 saturated heterocycles. The van der Waals surface area contributed by atoms with Gasteiger partial charge in [0.1, 0.15) is 5.82 Å². The molecule has 100 valence electrons. The van der Waals surface area contributed by atoms with Gasteiger partial charge in [0.15, 0.2) is 0 Å². The summed E-state index contributed by atoms with van der Waals surface area (Å²) in [5, 5.41) is 3.75. The van der Waals surface area contributed by atoms with E-state index in [1.165, 1.54) is 17.7 Å². The van der Waals surface area contributed by atoms with E-state index in [9.17, 15) is 4.39 Å². The molecule has 1 nitrogen and oxygen atoms in total. The quantitative estimate of drug-likeness (QED) is 0.818. The van der Waals surface area contributed by atoms with Gasteiger partial charge in [-0.05, 0) is 36.6 Å². The van der Waals surface area contributed by atoms with Crippen LogP contribution in [0, 0.1) is 5.82 Å². The first kappa shape index (κ1) is 13.9. The fourth-order valence-corrected chi connectivity index (χ4v) is 2.29. The van der Waals surface area contributed by atoms with Gasteiger partial charge < -0.3 is 5.32 Å². The van der Waals surface area contributed by atoms with Crippen LogP contribution in [0.15, 0.2) is 48.5 Å². The van der Waals surface area contributed by atoms with E-state index in [0.717, 1.165) is 18.5 Å². The number of hydrogen-bond donors (Lipinski definition) is 1. The van der Waals surface area contributed by atoms with E-state index in [1.807, 2.05) is 18.2 Å². The first-order valence-electron chi connectivity index (χ1n) is 6.44. The molecule has 2 aromatic rings. The summed E-state index contributed by atoms with van der Waals surface area (Å²) in [6.07, 6.45) is 1.87. The minimum absolute atomic E-state index is 0.264. The monoisotopic (exact) mass is 277 g/mol. The molecule has 0 radical (unpaired) electrons. The molecule has 0 aliphatic rings. The van der Waals surface area contributed by atoms with Crippen LogP contribution < -0.4 is 5.32 Å². The number of nitrogens with one attached hydrogen (secondary N) is 1. The van der Waals surface area contributed by atoms with Crippen molar-refractivity contribution in [3.05, 3.63) is 64.9 Å². The summed E-state index contributed by atoms with van der Waals surface area (Å²) in [5.74, 6) is -0.315. The van der Waals surface area contributed by atoms with E-state index < -0.39 is 0 Å². The SMILES string of the molecule is CCC(Cc1ccccc1)Nc1cc(F)cc(Cl)c1. The van der Waals surface area contributed by atoms with Gasteiger partial charge >= 0.3 is 0 Å². The summed E-state index contributed by atoms with van der Waals surface area (Å²) < 4.78 is 13.3. The van der Waals surface area contributed by atoms with Gasteiger partial charge in [-0.25, -0.2) is 4.39 Å². The van der Waals surface area contributed by atoms with Crippen molar-refractivity contribution in [1.29, 1.82) is 0 Å². The Labute approximate surface area is 118 Å². The zero-order chi connectivity index (χ0) is 13.7. The van der Waals surface area contributed by atoms with Crippen LogP contribution in [0.3, 0.4) is 0 Å². The fraction of sp³-hybridized carbons (Fsp3) is 0.250. The number of halogens is 2. The third kappa shape index (κ3) is 4.25. The molecule has 2 rings (SSSR count). The first-order valence-corrected chi connectivity index (χ1v) is 6.81. The second-order valence-corrected chi connectivity index (χ2v) is 5.03. The van der Waals surface area contributed by atoms with Gasteiger partial charge in [0.05, 0.1) is 0 Å². The zero-order valence-electron chi connectivity index (χ0n) is 10.9. The lowest BCUT2D eigenvalue weighted by Crippen LogP contribution is -2.21.